The third-order valence-electron chi connectivity index (χ3n) is 3.40. The van der Waals surface area contributed by atoms with E-state index in [1.165, 1.54) is 11.3 Å². The number of carbonyl (C=O) groups excluding carboxylic acids is 1. The van der Waals surface area contributed by atoms with E-state index in [1.807, 2.05) is 0 Å². The highest BCUT2D eigenvalue weighted by molar-refractivity contribution is 7.91. The number of sulfone groups is 1. The smallest absolute Gasteiger partial charge is 0.226 e. The molecule has 0 radical (unpaired) electrons. The van der Waals surface area contributed by atoms with Gasteiger partial charge in [0.05, 0.1) is 21.7 Å². The number of thiazole rings is 1. The Morgan fingerprint density at radius 1 is 1.48 bits per heavy atom. The minimum absolute atomic E-state index is 0.0844. The number of hydrogen-bond donors (Lipinski definition) is 1. The highest BCUT2D eigenvalue weighted by Gasteiger charge is 2.29. The Hall–Kier alpha value is -1.18. The van der Waals surface area contributed by atoms with Crippen LogP contribution in [0.25, 0.3) is 10.2 Å². The summed E-state index contributed by atoms with van der Waals surface area (Å²) in [6, 6.07) is 5.35. The first-order valence-electron chi connectivity index (χ1n) is 6.48. The second-order valence-electron chi connectivity index (χ2n) is 5.15. The highest BCUT2D eigenvalue weighted by Crippen LogP contribution is 2.29. The average molecular weight is 345 g/mol. The van der Waals surface area contributed by atoms with Crippen molar-refractivity contribution >= 4 is 54.0 Å². The normalized spacial score (nSPS) is 20.7. The number of anilines is 1. The summed E-state index contributed by atoms with van der Waals surface area (Å²) in [6.45, 7) is 0. The molecule has 0 spiro atoms. The van der Waals surface area contributed by atoms with Crippen molar-refractivity contribution in [2.75, 3.05) is 16.8 Å². The van der Waals surface area contributed by atoms with Gasteiger partial charge in [0.2, 0.25) is 5.91 Å². The molecule has 1 aromatic heterocycles. The number of rotatable bonds is 3. The number of nitrogens with zero attached hydrogens (tertiary/aromatic N) is 1. The molecule has 0 saturated carbocycles. The van der Waals surface area contributed by atoms with Crippen LogP contribution in [0, 0.1) is 5.92 Å². The number of benzene rings is 1. The van der Waals surface area contributed by atoms with Gasteiger partial charge in [-0.2, -0.15) is 0 Å². The summed E-state index contributed by atoms with van der Waals surface area (Å²) in [4.78, 5) is 16.3. The van der Waals surface area contributed by atoms with Gasteiger partial charge in [-0.25, -0.2) is 13.4 Å². The second-order valence-corrected chi connectivity index (χ2v) is 8.85. The summed E-state index contributed by atoms with van der Waals surface area (Å²) >= 11 is 7.26. The number of carbonyl (C=O) groups is 1. The zero-order valence-electron chi connectivity index (χ0n) is 11.0. The fourth-order valence-corrected chi connectivity index (χ4v) is 5.44. The summed E-state index contributed by atoms with van der Waals surface area (Å²) in [5.74, 6) is 0.0153. The lowest BCUT2D eigenvalue weighted by molar-refractivity contribution is -0.116. The van der Waals surface area contributed by atoms with Crippen LogP contribution in [0.5, 0.6) is 0 Å². The van der Waals surface area contributed by atoms with Gasteiger partial charge in [-0.1, -0.05) is 22.9 Å². The van der Waals surface area contributed by atoms with Crippen LogP contribution in [0.4, 0.5) is 5.13 Å². The molecule has 5 nitrogen and oxygen atoms in total. The molecule has 1 aromatic carbocycles. The molecule has 2 heterocycles. The summed E-state index contributed by atoms with van der Waals surface area (Å²) in [7, 11) is -2.95. The quantitative estimate of drug-likeness (QED) is 0.928. The van der Waals surface area contributed by atoms with Crippen LogP contribution in [-0.4, -0.2) is 30.8 Å². The van der Waals surface area contributed by atoms with Gasteiger partial charge in [0.1, 0.15) is 0 Å². The molecule has 2 aromatic rings. The molecule has 1 atom stereocenters. The molecule has 21 heavy (non-hydrogen) atoms. The SMILES string of the molecule is O=C(C[C@H]1CCS(=O)(=O)C1)Nc1nc2ccc(Cl)cc2s1. The molecule has 1 N–H and O–H groups in total. The van der Waals surface area contributed by atoms with Crippen LogP contribution < -0.4 is 5.32 Å². The first kappa shape index (κ1) is 14.7. The van der Waals surface area contributed by atoms with Crippen molar-refractivity contribution in [3.8, 4) is 0 Å². The topological polar surface area (TPSA) is 76.1 Å². The molecule has 1 aliphatic heterocycles. The summed E-state index contributed by atoms with van der Waals surface area (Å²) in [6.07, 6.45) is 0.779. The van der Waals surface area contributed by atoms with E-state index < -0.39 is 9.84 Å². The number of aromatic nitrogens is 1. The monoisotopic (exact) mass is 344 g/mol. The van der Waals surface area contributed by atoms with Crippen molar-refractivity contribution in [2.24, 2.45) is 5.92 Å². The molecule has 3 rings (SSSR count). The Bertz CT molecular complexity index is 801. The molecule has 0 aliphatic carbocycles. The molecule has 0 bridgehead atoms. The molecule has 1 fully saturated rings. The predicted octanol–water partition coefficient (Wildman–Crippen LogP) is 2.71. The van der Waals surface area contributed by atoms with Gasteiger partial charge in [-0.3, -0.25) is 4.79 Å². The maximum atomic E-state index is 12.0. The molecule has 112 valence electrons. The van der Waals surface area contributed by atoms with Crippen molar-refractivity contribution in [3.63, 3.8) is 0 Å². The number of amides is 1. The van der Waals surface area contributed by atoms with Gasteiger partial charge in [0, 0.05) is 11.4 Å². The molecular formula is C13H13ClN2O3S2. The van der Waals surface area contributed by atoms with E-state index in [2.05, 4.69) is 10.3 Å². The Morgan fingerprint density at radius 3 is 3.00 bits per heavy atom. The van der Waals surface area contributed by atoms with E-state index in [9.17, 15) is 13.2 Å². The van der Waals surface area contributed by atoms with Crippen molar-refractivity contribution in [1.29, 1.82) is 0 Å². The Morgan fingerprint density at radius 2 is 2.29 bits per heavy atom. The summed E-state index contributed by atoms with van der Waals surface area (Å²) < 4.78 is 23.7. The predicted molar refractivity (Wildman–Crippen MR) is 84.6 cm³/mol. The van der Waals surface area contributed by atoms with Gasteiger partial charge in [0.25, 0.3) is 0 Å². The molecule has 8 heteroatoms. The number of halogens is 1. The largest absolute Gasteiger partial charge is 0.302 e. The van der Waals surface area contributed by atoms with E-state index in [1.54, 1.807) is 18.2 Å². The number of hydrogen-bond acceptors (Lipinski definition) is 5. The van der Waals surface area contributed by atoms with Crippen molar-refractivity contribution < 1.29 is 13.2 Å². The van der Waals surface area contributed by atoms with Crippen molar-refractivity contribution in [2.45, 2.75) is 12.8 Å². The number of fused-ring (bicyclic) bond motifs is 1. The molecule has 1 saturated heterocycles. The lowest BCUT2D eigenvalue weighted by atomic mass is 10.1. The van der Waals surface area contributed by atoms with E-state index >= 15 is 0 Å². The van der Waals surface area contributed by atoms with Gasteiger partial charge in [-0.05, 0) is 30.5 Å². The maximum Gasteiger partial charge on any atom is 0.226 e. The Labute approximate surface area is 131 Å². The van der Waals surface area contributed by atoms with Crippen LogP contribution >= 0.6 is 22.9 Å². The zero-order valence-corrected chi connectivity index (χ0v) is 13.4. The lowest BCUT2D eigenvalue weighted by Crippen LogP contribution is -2.17. The average Bonchev–Trinajstić information content (AvgIpc) is 2.91. The third kappa shape index (κ3) is 3.53. The van der Waals surface area contributed by atoms with E-state index in [-0.39, 0.29) is 29.8 Å². The minimum Gasteiger partial charge on any atom is -0.302 e. The van der Waals surface area contributed by atoms with E-state index in [0.717, 1.165) is 10.2 Å². The van der Waals surface area contributed by atoms with Crippen LogP contribution in [0.2, 0.25) is 5.02 Å². The van der Waals surface area contributed by atoms with Gasteiger partial charge >= 0.3 is 0 Å². The van der Waals surface area contributed by atoms with Crippen LogP contribution in [0.1, 0.15) is 12.8 Å². The lowest BCUT2D eigenvalue weighted by Gasteiger charge is -2.06. The minimum atomic E-state index is -2.95. The zero-order chi connectivity index (χ0) is 15.0. The first-order valence-corrected chi connectivity index (χ1v) is 9.49. The second kappa shape index (κ2) is 5.55. The molecular weight excluding hydrogens is 332 g/mol. The Kier molecular flexibility index (Phi) is 3.90. The van der Waals surface area contributed by atoms with Gasteiger partial charge in [0.15, 0.2) is 15.0 Å². The Balaban J connectivity index is 1.66. The first-order chi connectivity index (χ1) is 9.91. The molecule has 1 amide bonds. The summed E-state index contributed by atoms with van der Waals surface area (Å²) in [5, 5.41) is 3.87. The standard InChI is InChI=1S/C13H13ClN2O3S2/c14-9-1-2-10-11(6-9)20-13(15-10)16-12(17)5-8-3-4-21(18,19)7-8/h1-2,6,8H,3-5,7H2,(H,15,16,17)/t8-/m1/s1. The fraction of sp³-hybridized carbons (Fsp3) is 0.385. The van der Waals surface area contributed by atoms with Gasteiger partial charge < -0.3 is 5.32 Å². The van der Waals surface area contributed by atoms with Crippen LogP contribution in [-0.2, 0) is 14.6 Å². The summed E-state index contributed by atoms with van der Waals surface area (Å²) in [5.41, 5.74) is 0.781. The third-order valence-corrected chi connectivity index (χ3v) is 6.40. The van der Waals surface area contributed by atoms with E-state index in [4.69, 9.17) is 11.6 Å². The van der Waals surface area contributed by atoms with Crippen molar-refractivity contribution in [1.82, 2.24) is 4.98 Å². The van der Waals surface area contributed by atoms with Gasteiger partial charge in [-0.15, -0.1) is 0 Å². The van der Waals surface area contributed by atoms with Crippen molar-refractivity contribution in [3.05, 3.63) is 23.2 Å². The fourth-order valence-electron chi connectivity index (χ4n) is 2.42. The van der Waals surface area contributed by atoms with Crippen LogP contribution in [0.15, 0.2) is 18.2 Å². The highest BCUT2D eigenvalue weighted by atomic mass is 35.5. The number of nitrogens with one attached hydrogen (secondary N) is 1. The van der Waals surface area contributed by atoms with Crippen LogP contribution in [0.3, 0.4) is 0 Å². The molecule has 0 unspecified atom stereocenters. The maximum absolute atomic E-state index is 12.0. The van der Waals surface area contributed by atoms with E-state index in [0.29, 0.717) is 16.6 Å². The molecule has 1 aliphatic rings.